The topological polar surface area (TPSA) is 73.0 Å². The molecular formula is C12H24N4O3S. The number of likely N-dealkylation sites (tertiary alicyclic amines) is 1. The fourth-order valence-corrected chi connectivity index (χ4v) is 3.60. The number of piperazine rings is 1. The molecule has 2 aliphatic rings. The number of hydrogen-bond donors (Lipinski definition) is 1. The molecule has 0 aliphatic carbocycles. The van der Waals surface area contributed by atoms with Crippen molar-refractivity contribution in [3.63, 3.8) is 0 Å². The summed E-state index contributed by atoms with van der Waals surface area (Å²) in [5.41, 5.74) is 0. The van der Waals surface area contributed by atoms with Crippen molar-refractivity contribution < 1.29 is 13.2 Å². The Kier molecular flexibility index (Phi) is 5.00. The van der Waals surface area contributed by atoms with E-state index in [0.29, 0.717) is 38.8 Å². The van der Waals surface area contributed by atoms with Crippen LogP contribution in [-0.2, 0) is 14.8 Å². The predicted molar refractivity (Wildman–Crippen MR) is 76.9 cm³/mol. The third-order valence-corrected chi connectivity index (χ3v) is 5.40. The fourth-order valence-electron chi connectivity index (χ4n) is 2.77. The molecule has 2 heterocycles. The van der Waals surface area contributed by atoms with Gasteiger partial charge in [-0.05, 0) is 13.5 Å². The average Bonchev–Trinajstić information content (AvgIpc) is 2.85. The number of likely N-dealkylation sites (N-methyl/N-ethyl adjacent to an activating group) is 1. The Labute approximate surface area is 120 Å². The summed E-state index contributed by atoms with van der Waals surface area (Å²) in [4.78, 5) is 16.1. The molecule has 1 unspecified atom stereocenters. The zero-order valence-corrected chi connectivity index (χ0v) is 13.0. The molecule has 0 aromatic heterocycles. The number of rotatable bonds is 4. The van der Waals surface area contributed by atoms with Crippen LogP contribution in [0.4, 0.5) is 0 Å². The highest BCUT2D eigenvalue weighted by Gasteiger charge is 2.28. The number of amides is 1. The second kappa shape index (κ2) is 6.38. The Balaban J connectivity index is 1.78. The SMILES string of the molecule is CNC1CCN(CC(=O)N2CCN(S(C)(=O)=O)CC2)C1. The maximum Gasteiger partial charge on any atom is 0.236 e. The van der Waals surface area contributed by atoms with Crippen molar-refractivity contribution >= 4 is 15.9 Å². The second-order valence-electron chi connectivity index (χ2n) is 5.55. The molecule has 7 nitrogen and oxygen atoms in total. The molecule has 116 valence electrons. The minimum atomic E-state index is -3.13. The van der Waals surface area contributed by atoms with Gasteiger partial charge in [-0.3, -0.25) is 9.69 Å². The van der Waals surface area contributed by atoms with Gasteiger partial charge in [-0.15, -0.1) is 0 Å². The van der Waals surface area contributed by atoms with E-state index >= 15 is 0 Å². The summed E-state index contributed by atoms with van der Waals surface area (Å²) < 4.78 is 24.3. The number of nitrogens with zero attached hydrogens (tertiary/aromatic N) is 3. The first-order chi connectivity index (χ1) is 9.40. The van der Waals surface area contributed by atoms with E-state index in [0.717, 1.165) is 19.5 Å². The Bertz CT molecular complexity index is 446. The van der Waals surface area contributed by atoms with Gasteiger partial charge in [-0.1, -0.05) is 0 Å². The third kappa shape index (κ3) is 3.91. The van der Waals surface area contributed by atoms with E-state index in [1.54, 1.807) is 4.90 Å². The van der Waals surface area contributed by atoms with Gasteiger partial charge in [0, 0.05) is 45.3 Å². The van der Waals surface area contributed by atoms with Gasteiger partial charge >= 0.3 is 0 Å². The van der Waals surface area contributed by atoms with Crippen molar-refractivity contribution in [1.82, 2.24) is 19.4 Å². The number of nitrogens with one attached hydrogen (secondary N) is 1. The van der Waals surface area contributed by atoms with Gasteiger partial charge < -0.3 is 10.2 Å². The molecule has 1 amide bonds. The van der Waals surface area contributed by atoms with Crippen LogP contribution in [0.15, 0.2) is 0 Å². The Morgan fingerprint density at radius 1 is 1.20 bits per heavy atom. The van der Waals surface area contributed by atoms with E-state index < -0.39 is 10.0 Å². The molecule has 0 saturated carbocycles. The molecule has 0 aromatic carbocycles. The lowest BCUT2D eigenvalue weighted by Gasteiger charge is -2.34. The third-order valence-electron chi connectivity index (χ3n) is 4.10. The number of sulfonamides is 1. The first-order valence-corrected chi connectivity index (χ1v) is 8.87. The van der Waals surface area contributed by atoms with Crippen molar-refractivity contribution in [2.45, 2.75) is 12.5 Å². The van der Waals surface area contributed by atoms with Crippen LogP contribution in [0.5, 0.6) is 0 Å². The molecule has 20 heavy (non-hydrogen) atoms. The summed E-state index contributed by atoms with van der Waals surface area (Å²) in [6.45, 7) is 4.10. The van der Waals surface area contributed by atoms with Crippen molar-refractivity contribution in [3.8, 4) is 0 Å². The molecule has 2 fully saturated rings. The van der Waals surface area contributed by atoms with Crippen LogP contribution in [0.3, 0.4) is 0 Å². The highest BCUT2D eigenvalue weighted by atomic mass is 32.2. The van der Waals surface area contributed by atoms with Crippen LogP contribution in [0, 0.1) is 0 Å². The summed E-state index contributed by atoms with van der Waals surface area (Å²) in [6, 6.07) is 0.477. The summed E-state index contributed by atoms with van der Waals surface area (Å²) in [7, 11) is -1.19. The van der Waals surface area contributed by atoms with Crippen molar-refractivity contribution in [2.24, 2.45) is 0 Å². The first kappa shape index (κ1) is 15.7. The number of carbonyl (C=O) groups is 1. The van der Waals surface area contributed by atoms with E-state index in [-0.39, 0.29) is 5.91 Å². The quantitative estimate of drug-likeness (QED) is 0.676. The minimum absolute atomic E-state index is 0.106. The van der Waals surface area contributed by atoms with E-state index in [4.69, 9.17) is 0 Å². The lowest BCUT2D eigenvalue weighted by atomic mass is 10.3. The van der Waals surface area contributed by atoms with Crippen LogP contribution in [-0.4, -0.2) is 93.6 Å². The average molecular weight is 304 g/mol. The van der Waals surface area contributed by atoms with Gasteiger partial charge in [0.2, 0.25) is 15.9 Å². The van der Waals surface area contributed by atoms with Crippen molar-refractivity contribution in [2.75, 3.05) is 59.1 Å². The van der Waals surface area contributed by atoms with E-state index in [2.05, 4.69) is 10.2 Å². The van der Waals surface area contributed by atoms with Crippen molar-refractivity contribution in [3.05, 3.63) is 0 Å². The fraction of sp³-hybridized carbons (Fsp3) is 0.917. The van der Waals surface area contributed by atoms with Gasteiger partial charge in [-0.25, -0.2) is 8.42 Å². The molecule has 0 spiro atoms. The molecule has 0 radical (unpaired) electrons. The lowest BCUT2D eigenvalue weighted by molar-refractivity contribution is -0.133. The monoisotopic (exact) mass is 304 g/mol. The lowest BCUT2D eigenvalue weighted by Crippen LogP contribution is -2.52. The summed E-state index contributed by atoms with van der Waals surface area (Å²) in [5, 5.41) is 3.23. The van der Waals surface area contributed by atoms with Crippen molar-refractivity contribution in [1.29, 1.82) is 0 Å². The molecule has 1 atom stereocenters. The minimum Gasteiger partial charge on any atom is -0.339 e. The molecule has 1 N–H and O–H groups in total. The molecule has 2 saturated heterocycles. The summed E-state index contributed by atoms with van der Waals surface area (Å²) in [5.74, 6) is 0.106. The molecule has 8 heteroatoms. The summed E-state index contributed by atoms with van der Waals surface area (Å²) >= 11 is 0. The van der Waals surface area contributed by atoms with Gasteiger partial charge in [0.1, 0.15) is 0 Å². The number of hydrogen-bond acceptors (Lipinski definition) is 5. The van der Waals surface area contributed by atoms with E-state index in [9.17, 15) is 13.2 Å². The highest BCUT2D eigenvalue weighted by molar-refractivity contribution is 7.88. The highest BCUT2D eigenvalue weighted by Crippen LogP contribution is 2.10. The summed E-state index contributed by atoms with van der Waals surface area (Å²) in [6.07, 6.45) is 2.29. The van der Waals surface area contributed by atoms with E-state index in [1.165, 1.54) is 10.6 Å². The number of carbonyl (C=O) groups excluding carboxylic acids is 1. The molecule has 2 aliphatic heterocycles. The molecular weight excluding hydrogens is 280 g/mol. The van der Waals surface area contributed by atoms with Crippen LogP contribution in [0.2, 0.25) is 0 Å². The molecule has 0 bridgehead atoms. The smallest absolute Gasteiger partial charge is 0.236 e. The van der Waals surface area contributed by atoms with Crippen LogP contribution in [0.1, 0.15) is 6.42 Å². The molecule has 0 aromatic rings. The maximum absolute atomic E-state index is 12.2. The largest absolute Gasteiger partial charge is 0.339 e. The standard InChI is InChI=1S/C12H24N4O3S/c1-13-11-3-4-14(9-11)10-12(17)15-5-7-16(8-6-15)20(2,18)19/h11,13H,3-10H2,1-2H3. The van der Waals surface area contributed by atoms with Crippen LogP contribution in [0.25, 0.3) is 0 Å². The Morgan fingerprint density at radius 3 is 2.35 bits per heavy atom. The zero-order valence-electron chi connectivity index (χ0n) is 12.2. The van der Waals surface area contributed by atoms with Crippen LogP contribution >= 0.6 is 0 Å². The zero-order chi connectivity index (χ0) is 14.8. The maximum atomic E-state index is 12.2. The van der Waals surface area contributed by atoms with Gasteiger partial charge in [0.05, 0.1) is 12.8 Å². The predicted octanol–water partition coefficient (Wildman–Crippen LogP) is -1.62. The second-order valence-corrected chi connectivity index (χ2v) is 7.53. The normalized spacial score (nSPS) is 26.1. The molecule has 2 rings (SSSR count). The van der Waals surface area contributed by atoms with Crippen LogP contribution < -0.4 is 5.32 Å². The Morgan fingerprint density at radius 2 is 1.85 bits per heavy atom. The Hall–Kier alpha value is -0.700. The van der Waals surface area contributed by atoms with Gasteiger partial charge in [0.15, 0.2) is 0 Å². The van der Waals surface area contributed by atoms with Gasteiger partial charge in [-0.2, -0.15) is 4.31 Å². The van der Waals surface area contributed by atoms with E-state index in [1.807, 2.05) is 7.05 Å². The van der Waals surface area contributed by atoms with Gasteiger partial charge in [0.25, 0.3) is 0 Å². The first-order valence-electron chi connectivity index (χ1n) is 7.02.